The summed E-state index contributed by atoms with van der Waals surface area (Å²) in [4.78, 5) is 20.5. The molecule has 0 saturated carbocycles. The van der Waals surface area contributed by atoms with E-state index >= 15 is 0 Å². The zero-order valence-electron chi connectivity index (χ0n) is 8.59. The monoisotopic (exact) mass is 224 g/mol. The molecule has 0 atom stereocenters. The van der Waals surface area contributed by atoms with Gasteiger partial charge in [-0.25, -0.2) is 0 Å². The summed E-state index contributed by atoms with van der Waals surface area (Å²) in [5, 5.41) is 10.6. The van der Waals surface area contributed by atoms with Crippen molar-refractivity contribution < 1.29 is 14.5 Å². The number of hydrogen-bond acceptors (Lipinski definition) is 4. The van der Waals surface area contributed by atoms with E-state index in [1.54, 1.807) is 12.1 Å². The highest BCUT2D eigenvalue weighted by Crippen LogP contribution is 2.25. The zero-order chi connectivity index (χ0) is 12.0. The number of nitrogens with zero attached hydrogens (tertiary/aromatic N) is 1. The molecule has 0 saturated heterocycles. The van der Waals surface area contributed by atoms with Crippen molar-refractivity contribution in [1.29, 1.82) is 0 Å². The van der Waals surface area contributed by atoms with Gasteiger partial charge in [0.1, 0.15) is 0 Å². The van der Waals surface area contributed by atoms with Crippen LogP contribution in [-0.2, 0) is 4.79 Å². The van der Waals surface area contributed by atoms with Gasteiger partial charge >= 0.3 is 5.69 Å². The molecule has 1 amide bonds. The van der Waals surface area contributed by atoms with Crippen molar-refractivity contribution in [2.45, 2.75) is 12.8 Å². The van der Waals surface area contributed by atoms with Crippen molar-refractivity contribution in [3.05, 3.63) is 34.4 Å². The van der Waals surface area contributed by atoms with Gasteiger partial charge in [0.2, 0.25) is 5.91 Å². The van der Waals surface area contributed by atoms with Crippen molar-refractivity contribution in [2.75, 3.05) is 6.61 Å². The van der Waals surface area contributed by atoms with Gasteiger partial charge in [0.05, 0.1) is 11.5 Å². The van der Waals surface area contributed by atoms with Crippen molar-refractivity contribution >= 4 is 11.6 Å². The zero-order valence-corrected chi connectivity index (χ0v) is 8.59. The van der Waals surface area contributed by atoms with Gasteiger partial charge in [-0.2, -0.15) is 0 Å². The molecule has 0 fully saturated rings. The molecule has 6 nitrogen and oxygen atoms in total. The lowest BCUT2D eigenvalue weighted by Gasteiger charge is -2.05. The maximum Gasteiger partial charge on any atom is 0.310 e. The highest BCUT2D eigenvalue weighted by atomic mass is 16.6. The molecule has 86 valence electrons. The van der Waals surface area contributed by atoms with E-state index in [9.17, 15) is 14.9 Å². The standard InChI is InChI=1S/C10H12N2O4/c11-10(13)6-3-7-16-9-5-2-1-4-8(9)12(14)15/h1-2,4-5H,3,6-7H2,(H2,11,13). The third-order valence-corrected chi connectivity index (χ3v) is 1.89. The molecule has 0 aliphatic rings. The number of hydrogen-bond donors (Lipinski definition) is 1. The summed E-state index contributed by atoms with van der Waals surface area (Å²) in [7, 11) is 0. The summed E-state index contributed by atoms with van der Waals surface area (Å²) in [5.74, 6) is -0.205. The maximum absolute atomic E-state index is 10.6. The van der Waals surface area contributed by atoms with E-state index in [0.29, 0.717) is 6.42 Å². The second-order valence-electron chi connectivity index (χ2n) is 3.14. The van der Waals surface area contributed by atoms with Crippen LogP contribution in [0.5, 0.6) is 5.75 Å². The van der Waals surface area contributed by atoms with Crippen LogP contribution in [0.4, 0.5) is 5.69 Å². The number of rotatable bonds is 6. The Morgan fingerprint density at radius 1 is 1.44 bits per heavy atom. The molecule has 0 spiro atoms. The molecule has 1 rings (SSSR count). The van der Waals surface area contributed by atoms with Crippen molar-refractivity contribution in [3.8, 4) is 5.75 Å². The lowest BCUT2D eigenvalue weighted by atomic mass is 10.3. The molecule has 0 radical (unpaired) electrons. The Morgan fingerprint density at radius 3 is 2.75 bits per heavy atom. The SMILES string of the molecule is NC(=O)CCCOc1ccccc1[N+](=O)[O-]. The molecule has 0 aliphatic carbocycles. The minimum absolute atomic E-state index is 0.0819. The van der Waals surface area contributed by atoms with E-state index < -0.39 is 10.8 Å². The number of nitro groups is 1. The number of carbonyl (C=O) groups excluding carboxylic acids is 1. The molecule has 0 bridgehead atoms. The molecule has 0 unspecified atom stereocenters. The van der Waals surface area contributed by atoms with Gasteiger partial charge in [0.15, 0.2) is 5.75 Å². The number of para-hydroxylation sites is 2. The highest BCUT2D eigenvalue weighted by Gasteiger charge is 2.13. The van der Waals surface area contributed by atoms with Crippen LogP contribution in [-0.4, -0.2) is 17.4 Å². The van der Waals surface area contributed by atoms with Gasteiger partial charge < -0.3 is 10.5 Å². The van der Waals surface area contributed by atoms with Gasteiger partial charge in [-0.1, -0.05) is 12.1 Å². The van der Waals surface area contributed by atoms with E-state index in [2.05, 4.69) is 0 Å². The van der Waals surface area contributed by atoms with Crippen molar-refractivity contribution in [2.24, 2.45) is 5.73 Å². The molecular weight excluding hydrogens is 212 g/mol. The van der Waals surface area contributed by atoms with Crippen LogP contribution in [0.3, 0.4) is 0 Å². The number of ether oxygens (including phenoxy) is 1. The molecular formula is C10H12N2O4. The molecule has 1 aromatic rings. The van der Waals surface area contributed by atoms with E-state index in [-0.39, 0.29) is 24.5 Å². The molecule has 2 N–H and O–H groups in total. The fourth-order valence-corrected chi connectivity index (χ4v) is 1.16. The van der Waals surface area contributed by atoms with Crippen LogP contribution in [0.25, 0.3) is 0 Å². The minimum Gasteiger partial charge on any atom is -0.487 e. The molecule has 0 heterocycles. The smallest absolute Gasteiger partial charge is 0.310 e. The Hall–Kier alpha value is -2.11. The van der Waals surface area contributed by atoms with Gasteiger partial charge in [-0.3, -0.25) is 14.9 Å². The quantitative estimate of drug-likeness (QED) is 0.446. The first kappa shape index (κ1) is 12.0. The van der Waals surface area contributed by atoms with Crippen LogP contribution >= 0.6 is 0 Å². The second-order valence-corrected chi connectivity index (χ2v) is 3.14. The number of amides is 1. The second kappa shape index (κ2) is 5.69. The topological polar surface area (TPSA) is 95.5 Å². The maximum atomic E-state index is 10.6. The van der Waals surface area contributed by atoms with Gasteiger partial charge in [-0.05, 0) is 12.5 Å². The van der Waals surface area contributed by atoms with E-state index in [1.165, 1.54) is 12.1 Å². The highest BCUT2D eigenvalue weighted by molar-refractivity contribution is 5.73. The van der Waals surface area contributed by atoms with Gasteiger partial charge in [0.25, 0.3) is 0 Å². The number of benzene rings is 1. The largest absolute Gasteiger partial charge is 0.487 e. The van der Waals surface area contributed by atoms with Crippen molar-refractivity contribution in [1.82, 2.24) is 0 Å². The molecule has 0 aliphatic heterocycles. The summed E-state index contributed by atoms with van der Waals surface area (Å²) in [6.45, 7) is 0.230. The number of carbonyl (C=O) groups is 1. The number of primary amides is 1. The Kier molecular flexibility index (Phi) is 4.26. The fourth-order valence-electron chi connectivity index (χ4n) is 1.16. The average Bonchev–Trinajstić information content (AvgIpc) is 2.24. The third kappa shape index (κ3) is 3.56. The van der Waals surface area contributed by atoms with Crippen LogP contribution in [0.15, 0.2) is 24.3 Å². The van der Waals surface area contributed by atoms with Crippen LogP contribution in [0.1, 0.15) is 12.8 Å². The molecule has 1 aromatic carbocycles. The van der Waals surface area contributed by atoms with E-state index in [1.807, 2.05) is 0 Å². The Morgan fingerprint density at radius 2 is 2.12 bits per heavy atom. The summed E-state index contributed by atoms with van der Waals surface area (Å²) >= 11 is 0. The lowest BCUT2D eigenvalue weighted by Crippen LogP contribution is -2.12. The van der Waals surface area contributed by atoms with E-state index in [0.717, 1.165) is 0 Å². The summed E-state index contributed by atoms with van der Waals surface area (Å²) < 4.78 is 5.20. The number of nitro benzene ring substituents is 1. The lowest BCUT2D eigenvalue weighted by molar-refractivity contribution is -0.385. The third-order valence-electron chi connectivity index (χ3n) is 1.89. The first-order chi connectivity index (χ1) is 7.61. The fraction of sp³-hybridized carbons (Fsp3) is 0.300. The number of nitrogens with two attached hydrogens (primary N) is 1. The Bertz CT molecular complexity index is 392. The first-order valence-electron chi connectivity index (χ1n) is 4.76. The Labute approximate surface area is 92.2 Å². The van der Waals surface area contributed by atoms with Gasteiger partial charge in [0, 0.05) is 12.5 Å². The average molecular weight is 224 g/mol. The molecule has 16 heavy (non-hydrogen) atoms. The van der Waals surface area contributed by atoms with E-state index in [4.69, 9.17) is 10.5 Å². The summed E-state index contributed by atoms with van der Waals surface area (Å²) in [6.07, 6.45) is 0.655. The van der Waals surface area contributed by atoms with Crippen LogP contribution < -0.4 is 10.5 Å². The van der Waals surface area contributed by atoms with Crippen LogP contribution in [0.2, 0.25) is 0 Å². The minimum atomic E-state index is -0.510. The van der Waals surface area contributed by atoms with Crippen molar-refractivity contribution in [3.63, 3.8) is 0 Å². The van der Waals surface area contributed by atoms with Crippen LogP contribution in [0, 0.1) is 10.1 Å². The Balaban J connectivity index is 2.53. The normalized spacial score (nSPS) is 9.75. The predicted octanol–water partition coefficient (Wildman–Crippen LogP) is 1.24. The van der Waals surface area contributed by atoms with Gasteiger partial charge in [-0.15, -0.1) is 0 Å². The summed E-state index contributed by atoms with van der Waals surface area (Å²) in [6, 6.07) is 6.09. The molecule has 6 heteroatoms. The predicted molar refractivity (Wildman–Crippen MR) is 57.0 cm³/mol. The first-order valence-corrected chi connectivity index (χ1v) is 4.76. The molecule has 0 aromatic heterocycles. The summed E-state index contributed by atoms with van der Waals surface area (Å²) in [5.41, 5.74) is 4.87.